The second-order valence-corrected chi connectivity index (χ2v) is 22.8. The third-order valence-electron chi connectivity index (χ3n) is 13.5. The first-order chi connectivity index (χ1) is 32.0. The zero-order valence-corrected chi connectivity index (χ0v) is 45.8. The van der Waals surface area contributed by atoms with E-state index >= 15 is 0 Å². The Morgan fingerprint density at radius 2 is 0.818 bits per heavy atom. The summed E-state index contributed by atoms with van der Waals surface area (Å²) in [6.45, 7) is 4.70. The van der Waals surface area contributed by atoms with Crippen LogP contribution in [0.5, 0.6) is 0 Å². The molecule has 0 bridgehead atoms. The Kier molecular flexibility index (Phi) is 48.7. The molecular weight excluding hydrogens is 840 g/mol. The van der Waals surface area contributed by atoms with Crippen LogP contribution in [0.2, 0.25) is 0 Å². The molecule has 1 unspecified atom stereocenters. The van der Waals surface area contributed by atoms with E-state index in [0.717, 1.165) is 38.5 Å². The molecule has 0 aliphatic carbocycles. The van der Waals surface area contributed by atoms with Gasteiger partial charge in [0, 0.05) is 6.42 Å². The molecule has 1 amide bonds. The largest absolute Gasteiger partial charge is 0.756 e. The number of quaternary nitrogens is 1. The number of likely N-dealkylation sites (N-methyl/N-ethyl adjacent to an activating group) is 1. The molecule has 2 N–H and O–H groups in total. The molecule has 9 heteroatoms. The van der Waals surface area contributed by atoms with E-state index in [0.29, 0.717) is 17.4 Å². The highest BCUT2D eigenvalue weighted by Crippen LogP contribution is 2.38. The van der Waals surface area contributed by atoms with E-state index in [-0.39, 0.29) is 19.1 Å². The number of carbonyl (C=O) groups excluding carboxylic acids is 1. The summed E-state index contributed by atoms with van der Waals surface area (Å²) >= 11 is 0. The molecule has 0 aliphatic rings. The molecule has 0 fully saturated rings. The van der Waals surface area contributed by atoms with E-state index in [9.17, 15) is 19.4 Å². The Hall–Kier alpha value is -0.760. The van der Waals surface area contributed by atoms with E-state index < -0.39 is 20.0 Å². The second kappa shape index (κ2) is 49.2. The maximum atomic E-state index is 13.0. The van der Waals surface area contributed by atoms with E-state index in [1.807, 2.05) is 27.2 Å². The summed E-state index contributed by atoms with van der Waals surface area (Å²) in [5, 5.41) is 13.9. The van der Waals surface area contributed by atoms with Crippen LogP contribution in [-0.2, 0) is 18.4 Å². The highest BCUT2D eigenvalue weighted by atomic mass is 31.2. The fraction of sp³-hybridized carbons (Fsp3) is 0.947. The zero-order valence-electron chi connectivity index (χ0n) is 44.9. The molecule has 0 aliphatic heterocycles. The average molecular weight is 956 g/mol. The first kappa shape index (κ1) is 65.2. The molecule has 0 saturated carbocycles. The van der Waals surface area contributed by atoms with Crippen molar-refractivity contribution in [3.63, 3.8) is 0 Å². The smallest absolute Gasteiger partial charge is 0.268 e. The number of aliphatic hydroxyl groups excluding tert-OH is 1. The van der Waals surface area contributed by atoms with Crippen molar-refractivity contribution in [3.8, 4) is 0 Å². The topological polar surface area (TPSA) is 108 Å². The van der Waals surface area contributed by atoms with Gasteiger partial charge in [0.05, 0.1) is 39.9 Å². The zero-order chi connectivity index (χ0) is 48.5. The Labute approximate surface area is 412 Å². The number of phosphoric ester groups is 1. The number of hydrogen-bond donors (Lipinski definition) is 2. The lowest BCUT2D eigenvalue weighted by Gasteiger charge is -2.29. The molecule has 394 valence electrons. The number of allylic oxidation sites excluding steroid dienone is 1. The number of aliphatic hydroxyl groups is 1. The van der Waals surface area contributed by atoms with Gasteiger partial charge in [0.1, 0.15) is 13.2 Å². The minimum atomic E-state index is -4.59. The van der Waals surface area contributed by atoms with Crippen molar-refractivity contribution in [2.24, 2.45) is 0 Å². The van der Waals surface area contributed by atoms with Crippen molar-refractivity contribution in [1.82, 2.24) is 5.32 Å². The summed E-state index contributed by atoms with van der Waals surface area (Å²) in [5.41, 5.74) is 0. The lowest BCUT2D eigenvalue weighted by Crippen LogP contribution is -2.45. The van der Waals surface area contributed by atoms with Gasteiger partial charge in [0.25, 0.3) is 7.82 Å². The molecule has 8 nitrogen and oxygen atoms in total. The molecule has 0 aromatic carbocycles. The molecule has 0 heterocycles. The van der Waals surface area contributed by atoms with Crippen molar-refractivity contribution >= 4 is 13.7 Å². The lowest BCUT2D eigenvalue weighted by molar-refractivity contribution is -0.870. The van der Waals surface area contributed by atoms with Gasteiger partial charge in [0.2, 0.25) is 5.91 Å². The number of nitrogens with one attached hydrogen (secondary N) is 1. The number of carbonyl (C=O) groups is 1. The Morgan fingerprint density at radius 1 is 0.515 bits per heavy atom. The third-order valence-corrected chi connectivity index (χ3v) is 14.5. The van der Waals surface area contributed by atoms with Crippen LogP contribution in [0.4, 0.5) is 0 Å². The minimum Gasteiger partial charge on any atom is -0.756 e. The highest BCUT2D eigenvalue weighted by molar-refractivity contribution is 7.45. The van der Waals surface area contributed by atoms with Gasteiger partial charge in [-0.3, -0.25) is 9.36 Å². The maximum Gasteiger partial charge on any atom is 0.268 e. The van der Waals surface area contributed by atoms with Crippen molar-refractivity contribution in [1.29, 1.82) is 0 Å². The van der Waals surface area contributed by atoms with Gasteiger partial charge < -0.3 is 28.8 Å². The first-order valence-corrected chi connectivity index (χ1v) is 30.5. The summed E-state index contributed by atoms with van der Waals surface area (Å²) in [6.07, 6.45) is 60.0. The molecule has 66 heavy (non-hydrogen) atoms. The summed E-state index contributed by atoms with van der Waals surface area (Å²) in [7, 11) is 1.28. The fourth-order valence-corrected chi connectivity index (χ4v) is 9.64. The normalized spacial score (nSPS) is 14.0. The molecule has 0 saturated heterocycles. The van der Waals surface area contributed by atoms with E-state index in [1.54, 1.807) is 6.08 Å². The van der Waals surface area contributed by atoms with Crippen LogP contribution >= 0.6 is 7.82 Å². The minimum absolute atomic E-state index is 0.00263. The lowest BCUT2D eigenvalue weighted by atomic mass is 10.0. The molecule has 0 radical (unpaired) electrons. The van der Waals surface area contributed by atoms with Crippen LogP contribution in [0.15, 0.2) is 12.2 Å². The average Bonchev–Trinajstić information content (AvgIpc) is 3.28. The van der Waals surface area contributed by atoms with Crippen molar-refractivity contribution in [2.75, 3.05) is 40.9 Å². The second-order valence-electron chi connectivity index (χ2n) is 21.4. The molecule has 0 rings (SSSR count). The SMILES string of the molecule is CCCCCCCCCCCCCCCCC/C=C/[C@@H](O)[C@H](COP(=O)([O-])OCC[N+](C)(C)C)NC(=O)CCCCCCCCCCCCCCCCCCCCCCCCCCCCC. The van der Waals surface area contributed by atoms with Gasteiger partial charge in [-0.15, -0.1) is 0 Å². The summed E-state index contributed by atoms with van der Waals surface area (Å²) in [5.74, 6) is -0.190. The molecule has 0 spiro atoms. The van der Waals surface area contributed by atoms with Crippen LogP contribution in [0.1, 0.15) is 296 Å². The highest BCUT2D eigenvalue weighted by Gasteiger charge is 2.23. The van der Waals surface area contributed by atoms with Crippen molar-refractivity contribution in [3.05, 3.63) is 12.2 Å². The quantitative estimate of drug-likeness (QED) is 0.0272. The number of hydrogen-bond acceptors (Lipinski definition) is 6. The predicted molar refractivity (Wildman–Crippen MR) is 284 cm³/mol. The molecule has 3 atom stereocenters. The van der Waals surface area contributed by atoms with E-state index in [4.69, 9.17) is 9.05 Å². The Bertz CT molecular complexity index is 1080. The van der Waals surface area contributed by atoms with Gasteiger partial charge in [0.15, 0.2) is 0 Å². The molecule has 0 aromatic heterocycles. The monoisotopic (exact) mass is 955 g/mol. The van der Waals surface area contributed by atoms with Gasteiger partial charge >= 0.3 is 0 Å². The number of phosphoric acid groups is 1. The van der Waals surface area contributed by atoms with Crippen LogP contribution < -0.4 is 10.2 Å². The van der Waals surface area contributed by atoms with Crippen molar-refractivity contribution < 1.29 is 32.9 Å². The van der Waals surface area contributed by atoms with Gasteiger partial charge in [-0.2, -0.15) is 0 Å². The van der Waals surface area contributed by atoms with E-state index in [2.05, 4.69) is 19.2 Å². The van der Waals surface area contributed by atoms with E-state index in [1.165, 1.54) is 238 Å². The number of nitrogens with zero attached hydrogens (tertiary/aromatic N) is 1. The Morgan fingerprint density at radius 3 is 1.14 bits per heavy atom. The number of amides is 1. The Balaban J connectivity index is 4.11. The van der Waals surface area contributed by atoms with Gasteiger partial charge in [-0.25, -0.2) is 0 Å². The molecule has 0 aromatic rings. The van der Waals surface area contributed by atoms with Crippen LogP contribution in [0, 0.1) is 0 Å². The number of unbranched alkanes of at least 4 members (excludes halogenated alkanes) is 41. The summed E-state index contributed by atoms with van der Waals surface area (Å²) in [6, 6.07) is -0.881. The standard InChI is InChI=1S/C57H115N2O6P/c1-6-8-10-12-14-16-18-20-22-24-25-26-27-28-29-30-31-32-33-35-37-39-41-43-45-47-49-51-57(61)58-55(54-65-66(62,63)64-53-52-59(3,4)5)56(60)50-48-46-44-42-40-38-36-34-23-21-19-17-15-13-11-9-7-2/h48,50,55-56,60H,6-47,49,51-54H2,1-5H3,(H-,58,61,62,63)/b50-48+/t55-,56+/m0/s1. The molecular formula is C57H115N2O6P. The van der Waals surface area contributed by atoms with Crippen LogP contribution in [0.3, 0.4) is 0 Å². The summed E-state index contributed by atoms with van der Waals surface area (Å²) < 4.78 is 23.3. The van der Waals surface area contributed by atoms with Gasteiger partial charge in [-0.05, 0) is 19.3 Å². The maximum absolute atomic E-state index is 13.0. The van der Waals surface area contributed by atoms with Crippen molar-refractivity contribution in [2.45, 2.75) is 309 Å². The van der Waals surface area contributed by atoms with Crippen LogP contribution in [-0.4, -0.2) is 68.5 Å². The predicted octanol–water partition coefficient (Wildman–Crippen LogP) is 16.8. The van der Waals surface area contributed by atoms with Gasteiger partial charge in [-0.1, -0.05) is 283 Å². The summed E-state index contributed by atoms with van der Waals surface area (Å²) in [4.78, 5) is 25.5. The number of rotatable bonds is 54. The first-order valence-electron chi connectivity index (χ1n) is 29.1. The third kappa shape index (κ3) is 51.1. The fourth-order valence-electron chi connectivity index (χ4n) is 8.92. The van der Waals surface area contributed by atoms with Crippen LogP contribution in [0.25, 0.3) is 0 Å².